The third kappa shape index (κ3) is 1.26. The van der Waals surface area contributed by atoms with Gasteiger partial charge in [-0.2, -0.15) is 0 Å². The Kier molecular flexibility index (Phi) is 1.93. The summed E-state index contributed by atoms with van der Waals surface area (Å²) in [6.07, 6.45) is 1.70. The topological polar surface area (TPSA) is 41.8 Å². The maximum absolute atomic E-state index is 9.52. The van der Waals surface area contributed by atoms with E-state index >= 15 is 0 Å². The van der Waals surface area contributed by atoms with Crippen molar-refractivity contribution in [1.82, 2.24) is 0 Å². The fourth-order valence-electron chi connectivity index (χ4n) is 1.69. The Labute approximate surface area is 76.6 Å². The van der Waals surface area contributed by atoms with E-state index in [1.54, 1.807) is 6.07 Å². The molecule has 3 nitrogen and oxygen atoms in total. The van der Waals surface area contributed by atoms with Crippen molar-refractivity contribution in [3.63, 3.8) is 0 Å². The molecule has 68 valence electrons. The minimum absolute atomic E-state index is 0.360. The molecule has 0 fully saturated rings. The summed E-state index contributed by atoms with van der Waals surface area (Å²) in [6.45, 7) is 0. The molecule has 0 heterocycles. The summed E-state index contributed by atoms with van der Waals surface area (Å²) in [5.41, 5.74) is 2.92. The zero-order chi connectivity index (χ0) is 9.26. The fourth-order valence-corrected chi connectivity index (χ4v) is 1.69. The minimum Gasteiger partial charge on any atom is -0.508 e. The molecule has 0 unspecified atom stereocenters. The first-order chi connectivity index (χ1) is 6.33. The Hall–Kier alpha value is -1.51. The first-order valence-electron chi connectivity index (χ1n) is 4.24. The third-order valence-electron chi connectivity index (χ3n) is 2.28. The molecule has 0 aliphatic heterocycles. The van der Waals surface area contributed by atoms with Gasteiger partial charge in [0.25, 0.3) is 0 Å². The van der Waals surface area contributed by atoms with Crippen molar-refractivity contribution in [2.45, 2.75) is 12.8 Å². The van der Waals surface area contributed by atoms with Gasteiger partial charge in [-0.05, 0) is 18.9 Å². The van der Waals surface area contributed by atoms with E-state index < -0.39 is 0 Å². The molecule has 13 heavy (non-hydrogen) atoms. The molecule has 0 radical (unpaired) electrons. The number of rotatable bonds is 1. The molecule has 0 aromatic heterocycles. The maximum Gasteiger partial charge on any atom is 0.119 e. The van der Waals surface area contributed by atoms with Crippen LogP contribution in [0, 0.1) is 0 Å². The lowest BCUT2D eigenvalue weighted by Gasteiger charge is -2.00. The standard InChI is InChI=1S/C10H11NO2/c1-13-11-9-6-5-8-7(9)3-2-4-10(8)12/h2-4,12H,5-6H2,1H3/b11-9+. The van der Waals surface area contributed by atoms with Crippen LogP contribution in [-0.4, -0.2) is 17.9 Å². The Bertz CT molecular complexity index is 358. The van der Waals surface area contributed by atoms with Gasteiger partial charge in [-0.3, -0.25) is 0 Å². The molecule has 1 aromatic rings. The zero-order valence-electron chi connectivity index (χ0n) is 7.45. The highest BCUT2D eigenvalue weighted by molar-refractivity contribution is 6.04. The molecule has 2 rings (SSSR count). The van der Waals surface area contributed by atoms with Crippen molar-refractivity contribution >= 4 is 5.71 Å². The zero-order valence-corrected chi connectivity index (χ0v) is 7.45. The van der Waals surface area contributed by atoms with E-state index in [-0.39, 0.29) is 0 Å². The first-order valence-corrected chi connectivity index (χ1v) is 4.24. The number of fused-ring (bicyclic) bond motifs is 1. The molecule has 3 heteroatoms. The largest absolute Gasteiger partial charge is 0.508 e. The van der Waals surface area contributed by atoms with Gasteiger partial charge < -0.3 is 9.94 Å². The van der Waals surface area contributed by atoms with Crippen molar-refractivity contribution in [2.24, 2.45) is 5.16 Å². The monoisotopic (exact) mass is 177 g/mol. The summed E-state index contributed by atoms with van der Waals surface area (Å²) in [7, 11) is 1.54. The summed E-state index contributed by atoms with van der Waals surface area (Å²) in [5, 5.41) is 13.4. The van der Waals surface area contributed by atoms with Crippen LogP contribution in [0.4, 0.5) is 0 Å². The van der Waals surface area contributed by atoms with E-state index in [0.29, 0.717) is 5.75 Å². The average Bonchev–Trinajstić information content (AvgIpc) is 2.51. The van der Waals surface area contributed by atoms with E-state index in [0.717, 1.165) is 29.7 Å². The molecule has 0 saturated carbocycles. The molecule has 0 bridgehead atoms. The van der Waals surface area contributed by atoms with E-state index in [1.165, 1.54) is 7.11 Å². The smallest absolute Gasteiger partial charge is 0.119 e. The van der Waals surface area contributed by atoms with Crippen LogP contribution in [0.3, 0.4) is 0 Å². The molecule has 1 N–H and O–H groups in total. The van der Waals surface area contributed by atoms with Gasteiger partial charge >= 0.3 is 0 Å². The van der Waals surface area contributed by atoms with E-state index in [2.05, 4.69) is 5.16 Å². The lowest BCUT2D eigenvalue weighted by Crippen LogP contribution is -1.94. The number of oxime groups is 1. The second-order valence-electron chi connectivity index (χ2n) is 3.02. The normalized spacial score (nSPS) is 17.5. The Morgan fingerprint density at radius 2 is 2.23 bits per heavy atom. The highest BCUT2D eigenvalue weighted by Gasteiger charge is 2.20. The maximum atomic E-state index is 9.52. The van der Waals surface area contributed by atoms with Gasteiger partial charge in [-0.15, -0.1) is 0 Å². The Morgan fingerprint density at radius 3 is 3.00 bits per heavy atom. The number of hydrogen-bond acceptors (Lipinski definition) is 3. The number of hydrogen-bond donors (Lipinski definition) is 1. The molecule has 0 atom stereocenters. The van der Waals surface area contributed by atoms with Crippen molar-refractivity contribution in [3.05, 3.63) is 29.3 Å². The third-order valence-corrected chi connectivity index (χ3v) is 2.28. The van der Waals surface area contributed by atoms with E-state index in [1.807, 2.05) is 12.1 Å². The van der Waals surface area contributed by atoms with Crippen LogP contribution in [0.5, 0.6) is 5.75 Å². The molecule has 1 aliphatic rings. The molecule has 0 spiro atoms. The van der Waals surface area contributed by atoms with Crippen molar-refractivity contribution in [1.29, 1.82) is 0 Å². The number of aromatic hydroxyl groups is 1. The van der Waals surface area contributed by atoms with Crippen molar-refractivity contribution in [3.8, 4) is 5.75 Å². The molecule has 1 aromatic carbocycles. The van der Waals surface area contributed by atoms with Crippen molar-refractivity contribution in [2.75, 3.05) is 7.11 Å². The van der Waals surface area contributed by atoms with Crippen LogP contribution in [0.2, 0.25) is 0 Å². The molecular weight excluding hydrogens is 166 g/mol. The van der Waals surface area contributed by atoms with Crippen LogP contribution < -0.4 is 0 Å². The Morgan fingerprint density at radius 1 is 1.38 bits per heavy atom. The van der Waals surface area contributed by atoms with E-state index in [4.69, 9.17) is 4.84 Å². The SMILES string of the molecule is CO/N=C1\CCc2c(O)cccc21. The number of benzene rings is 1. The first kappa shape index (κ1) is 8.10. The summed E-state index contributed by atoms with van der Waals surface area (Å²) in [4.78, 5) is 4.73. The molecule has 1 aliphatic carbocycles. The van der Waals surface area contributed by atoms with Gasteiger partial charge in [0.1, 0.15) is 12.9 Å². The van der Waals surface area contributed by atoms with Crippen molar-refractivity contribution < 1.29 is 9.94 Å². The summed E-state index contributed by atoms with van der Waals surface area (Å²) >= 11 is 0. The summed E-state index contributed by atoms with van der Waals surface area (Å²) < 4.78 is 0. The minimum atomic E-state index is 0.360. The van der Waals surface area contributed by atoms with E-state index in [9.17, 15) is 5.11 Å². The number of phenolic OH excluding ortho intramolecular Hbond substituents is 1. The van der Waals surface area contributed by atoms with Gasteiger partial charge in [-0.25, -0.2) is 0 Å². The highest BCUT2D eigenvalue weighted by atomic mass is 16.6. The van der Waals surface area contributed by atoms with Crippen LogP contribution in [-0.2, 0) is 11.3 Å². The van der Waals surface area contributed by atoms with Crippen LogP contribution in [0.25, 0.3) is 0 Å². The van der Waals surface area contributed by atoms with Crippen LogP contribution in [0.15, 0.2) is 23.4 Å². The number of phenols is 1. The quantitative estimate of drug-likeness (QED) is 0.663. The second-order valence-corrected chi connectivity index (χ2v) is 3.02. The molecule has 0 amide bonds. The van der Waals surface area contributed by atoms with Crippen LogP contribution >= 0.6 is 0 Å². The predicted octanol–water partition coefficient (Wildman–Crippen LogP) is 1.69. The fraction of sp³-hybridized carbons (Fsp3) is 0.300. The molecular formula is C10H11NO2. The average molecular weight is 177 g/mol. The second kappa shape index (κ2) is 3.09. The van der Waals surface area contributed by atoms with Gasteiger partial charge in [0.2, 0.25) is 0 Å². The van der Waals surface area contributed by atoms with Gasteiger partial charge in [0.15, 0.2) is 0 Å². The van der Waals surface area contributed by atoms with Gasteiger partial charge in [0, 0.05) is 11.1 Å². The molecule has 0 saturated heterocycles. The summed E-state index contributed by atoms with van der Waals surface area (Å²) in [6, 6.07) is 5.49. The summed E-state index contributed by atoms with van der Waals surface area (Å²) in [5.74, 6) is 0.360. The Balaban J connectivity index is 2.49. The predicted molar refractivity (Wildman–Crippen MR) is 50.0 cm³/mol. The van der Waals surface area contributed by atoms with Crippen LogP contribution in [0.1, 0.15) is 17.5 Å². The highest BCUT2D eigenvalue weighted by Crippen LogP contribution is 2.29. The lowest BCUT2D eigenvalue weighted by molar-refractivity contribution is 0.213. The lowest BCUT2D eigenvalue weighted by atomic mass is 10.1. The van der Waals surface area contributed by atoms with Gasteiger partial charge in [0.05, 0.1) is 5.71 Å². The number of nitrogens with zero attached hydrogens (tertiary/aromatic N) is 1. The van der Waals surface area contributed by atoms with Gasteiger partial charge in [-0.1, -0.05) is 17.3 Å².